The molecule has 1 aromatic heterocycles. The number of non-ortho nitro benzene ring substituents is 1. The second-order valence-electron chi connectivity index (χ2n) is 4.21. The van der Waals surface area contributed by atoms with Gasteiger partial charge >= 0.3 is 0 Å². The largest absolute Gasteiger partial charge is 0.379 e. The van der Waals surface area contributed by atoms with Gasteiger partial charge in [0.15, 0.2) is 0 Å². The van der Waals surface area contributed by atoms with Gasteiger partial charge in [-0.25, -0.2) is 0 Å². The monoisotopic (exact) mass is 325 g/mol. The Labute approximate surface area is 129 Å². The highest BCUT2D eigenvalue weighted by Gasteiger charge is 2.11. The molecule has 0 atom stereocenters. The fourth-order valence-electron chi connectivity index (χ4n) is 1.72. The zero-order valence-electron chi connectivity index (χ0n) is 11.1. The third-order valence-electron chi connectivity index (χ3n) is 2.66. The quantitative estimate of drug-likeness (QED) is 0.645. The Bertz CT molecular complexity index is 687. The Kier molecular flexibility index (Phi) is 4.77. The van der Waals surface area contributed by atoms with E-state index in [1.165, 1.54) is 36.5 Å². The van der Waals surface area contributed by atoms with Crippen LogP contribution in [0.15, 0.2) is 29.6 Å². The van der Waals surface area contributed by atoms with Crippen molar-refractivity contribution >= 4 is 45.9 Å². The third kappa shape index (κ3) is 3.93. The maximum absolute atomic E-state index is 11.1. The highest BCUT2D eigenvalue weighted by molar-refractivity contribution is 7.10. The molecule has 0 aliphatic carbocycles. The molecule has 0 saturated heterocycles. The summed E-state index contributed by atoms with van der Waals surface area (Å²) >= 11 is 7.49. The van der Waals surface area contributed by atoms with E-state index in [9.17, 15) is 14.9 Å². The molecule has 0 radical (unpaired) electrons. The molecule has 0 saturated carbocycles. The van der Waals surface area contributed by atoms with E-state index in [-0.39, 0.29) is 11.6 Å². The van der Waals surface area contributed by atoms with Crippen molar-refractivity contribution in [3.8, 4) is 0 Å². The Morgan fingerprint density at radius 3 is 2.81 bits per heavy atom. The summed E-state index contributed by atoms with van der Waals surface area (Å²) in [6.45, 7) is 1.85. The molecule has 1 aromatic carbocycles. The molecule has 8 heteroatoms. The number of hydrogen-bond donors (Lipinski definition) is 2. The van der Waals surface area contributed by atoms with E-state index in [0.29, 0.717) is 17.3 Å². The van der Waals surface area contributed by atoms with Crippen LogP contribution in [0.3, 0.4) is 0 Å². The summed E-state index contributed by atoms with van der Waals surface area (Å²) in [6, 6.07) is 6.01. The number of nitro groups is 1. The Morgan fingerprint density at radius 1 is 1.38 bits per heavy atom. The number of nitrogens with zero attached hydrogens (tertiary/aromatic N) is 1. The average Bonchev–Trinajstić information content (AvgIpc) is 2.84. The first-order valence-electron chi connectivity index (χ1n) is 5.99. The first-order chi connectivity index (χ1) is 9.97. The Balaban J connectivity index is 2.13. The summed E-state index contributed by atoms with van der Waals surface area (Å²) in [6.07, 6.45) is 0. The molecule has 2 N–H and O–H groups in total. The number of amides is 1. The number of thiophene rings is 1. The number of nitro benzene ring substituents is 1. The fourth-order valence-corrected chi connectivity index (χ4v) is 2.67. The molecule has 2 aromatic rings. The fraction of sp³-hybridized carbons (Fsp3) is 0.154. The number of nitrogens with one attached hydrogen (secondary N) is 2. The zero-order chi connectivity index (χ0) is 15.4. The summed E-state index contributed by atoms with van der Waals surface area (Å²) in [5, 5.41) is 18.8. The van der Waals surface area contributed by atoms with Gasteiger partial charge in [0.25, 0.3) is 5.69 Å². The maximum Gasteiger partial charge on any atom is 0.271 e. The molecule has 21 heavy (non-hydrogen) atoms. The van der Waals surface area contributed by atoms with E-state index < -0.39 is 4.92 Å². The molecule has 0 bridgehead atoms. The van der Waals surface area contributed by atoms with Gasteiger partial charge < -0.3 is 10.6 Å². The molecule has 0 fully saturated rings. The average molecular weight is 326 g/mol. The third-order valence-corrected chi connectivity index (χ3v) is 3.91. The van der Waals surface area contributed by atoms with E-state index in [1.54, 1.807) is 6.07 Å². The van der Waals surface area contributed by atoms with Crippen LogP contribution in [0.1, 0.15) is 11.8 Å². The van der Waals surface area contributed by atoms with Crippen molar-refractivity contribution in [2.75, 3.05) is 10.6 Å². The number of rotatable bonds is 5. The molecule has 6 nitrogen and oxygen atoms in total. The van der Waals surface area contributed by atoms with Crippen molar-refractivity contribution in [1.29, 1.82) is 0 Å². The second kappa shape index (κ2) is 6.55. The predicted octanol–water partition coefficient (Wildman–Crippen LogP) is 3.88. The van der Waals surface area contributed by atoms with Crippen LogP contribution in [-0.2, 0) is 11.3 Å². The lowest BCUT2D eigenvalue weighted by Gasteiger charge is -2.09. The van der Waals surface area contributed by atoms with Crippen molar-refractivity contribution in [2.24, 2.45) is 0 Å². The number of hydrogen-bond acceptors (Lipinski definition) is 5. The minimum Gasteiger partial charge on any atom is -0.379 e. The molecule has 2 rings (SSSR count). The summed E-state index contributed by atoms with van der Waals surface area (Å²) in [5.74, 6) is -0.150. The number of carbonyl (C=O) groups is 1. The van der Waals surface area contributed by atoms with Crippen molar-refractivity contribution in [2.45, 2.75) is 13.5 Å². The topological polar surface area (TPSA) is 84.3 Å². The highest BCUT2D eigenvalue weighted by atomic mass is 35.5. The normalized spacial score (nSPS) is 10.2. The van der Waals surface area contributed by atoms with Gasteiger partial charge in [0.1, 0.15) is 0 Å². The van der Waals surface area contributed by atoms with Crippen molar-refractivity contribution < 1.29 is 9.72 Å². The summed E-state index contributed by atoms with van der Waals surface area (Å²) < 4.78 is 0. The van der Waals surface area contributed by atoms with Gasteiger partial charge in [-0.1, -0.05) is 11.6 Å². The number of anilines is 2. The minimum atomic E-state index is -0.477. The van der Waals surface area contributed by atoms with E-state index in [2.05, 4.69) is 10.6 Å². The van der Waals surface area contributed by atoms with Crippen molar-refractivity contribution in [3.63, 3.8) is 0 Å². The lowest BCUT2D eigenvalue weighted by atomic mass is 10.2. The Morgan fingerprint density at radius 2 is 2.14 bits per heavy atom. The van der Waals surface area contributed by atoms with E-state index in [4.69, 9.17) is 11.6 Å². The number of carbonyl (C=O) groups excluding carboxylic acids is 1. The molecule has 1 heterocycles. The molecule has 0 aliphatic rings. The van der Waals surface area contributed by atoms with E-state index in [0.717, 1.165) is 10.6 Å². The van der Waals surface area contributed by atoms with Gasteiger partial charge in [-0.3, -0.25) is 14.9 Å². The Hall–Kier alpha value is -2.12. The van der Waals surface area contributed by atoms with Crippen LogP contribution in [0.2, 0.25) is 5.02 Å². The van der Waals surface area contributed by atoms with Crippen LogP contribution >= 0.6 is 22.9 Å². The smallest absolute Gasteiger partial charge is 0.271 e. The minimum absolute atomic E-state index is 0.0323. The van der Waals surface area contributed by atoms with Crippen LogP contribution in [-0.4, -0.2) is 10.8 Å². The summed E-state index contributed by atoms with van der Waals surface area (Å²) in [7, 11) is 0. The van der Waals surface area contributed by atoms with E-state index >= 15 is 0 Å². The molecular formula is C13H12ClN3O3S. The molecular weight excluding hydrogens is 314 g/mol. The highest BCUT2D eigenvalue weighted by Crippen LogP contribution is 2.29. The molecule has 0 aliphatic heterocycles. The SMILES string of the molecule is CC(=O)Nc1ccsc1CNc1cc([N+](=O)[O-])ccc1Cl. The molecule has 0 unspecified atom stereocenters. The van der Waals surface area contributed by atoms with Gasteiger partial charge in [0, 0.05) is 23.9 Å². The summed E-state index contributed by atoms with van der Waals surface area (Å²) in [4.78, 5) is 22.3. The van der Waals surface area contributed by atoms with Crippen LogP contribution in [0.5, 0.6) is 0 Å². The van der Waals surface area contributed by atoms with Crippen LogP contribution < -0.4 is 10.6 Å². The van der Waals surface area contributed by atoms with Crippen LogP contribution in [0, 0.1) is 10.1 Å². The molecule has 110 valence electrons. The maximum atomic E-state index is 11.1. The zero-order valence-corrected chi connectivity index (χ0v) is 12.6. The van der Waals surface area contributed by atoms with E-state index in [1.807, 2.05) is 5.38 Å². The van der Waals surface area contributed by atoms with Gasteiger partial charge in [-0.15, -0.1) is 11.3 Å². The first-order valence-corrected chi connectivity index (χ1v) is 7.25. The number of halogens is 1. The van der Waals surface area contributed by atoms with Gasteiger partial charge in [-0.05, 0) is 17.5 Å². The van der Waals surface area contributed by atoms with Crippen LogP contribution in [0.25, 0.3) is 0 Å². The standard InChI is InChI=1S/C13H12ClN3O3S/c1-8(18)16-11-4-5-21-13(11)7-15-12-6-9(17(19)20)2-3-10(12)14/h2-6,15H,7H2,1H3,(H,16,18). The van der Waals surface area contributed by atoms with Gasteiger partial charge in [-0.2, -0.15) is 0 Å². The van der Waals surface area contributed by atoms with Crippen LogP contribution in [0.4, 0.5) is 17.1 Å². The van der Waals surface area contributed by atoms with Gasteiger partial charge in [0.05, 0.1) is 27.9 Å². The second-order valence-corrected chi connectivity index (χ2v) is 5.62. The van der Waals surface area contributed by atoms with Crippen molar-refractivity contribution in [1.82, 2.24) is 0 Å². The molecule has 1 amide bonds. The lowest BCUT2D eigenvalue weighted by molar-refractivity contribution is -0.384. The predicted molar refractivity (Wildman–Crippen MR) is 84.1 cm³/mol. The molecule has 0 spiro atoms. The number of benzene rings is 1. The van der Waals surface area contributed by atoms with Gasteiger partial charge in [0.2, 0.25) is 5.91 Å². The first kappa shape index (κ1) is 15.3. The van der Waals surface area contributed by atoms with Crippen molar-refractivity contribution in [3.05, 3.63) is 49.7 Å². The summed E-state index contributed by atoms with van der Waals surface area (Å²) in [5.41, 5.74) is 1.17. The lowest BCUT2D eigenvalue weighted by Crippen LogP contribution is -2.08.